The van der Waals surface area contributed by atoms with Crippen LogP contribution >= 0.6 is 0 Å². The molecule has 0 radical (unpaired) electrons. The third-order valence-corrected chi connectivity index (χ3v) is 3.52. The number of Topliss-reactive ketones (excluding diaryl/α,β-unsaturated/α-hetero) is 1. The van der Waals surface area contributed by atoms with Crippen molar-refractivity contribution in [1.29, 1.82) is 0 Å². The highest BCUT2D eigenvalue weighted by molar-refractivity contribution is 7.89. The van der Waals surface area contributed by atoms with E-state index >= 15 is 0 Å². The van der Waals surface area contributed by atoms with Crippen molar-refractivity contribution in [3.05, 3.63) is 29.1 Å². The van der Waals surface area contributed by atoms with Crippen molar-refractivity contribution in [2.45, 2.75) is 17.0 Å². The molecule has 2 rings (SSSR count). The molecule has 0 aromatic heterocycles. The summed E-state index contributed by atoms with van der Waals surface area (Å²) in [7, 11) is -4.54. The van der Waals surface area contributed by atoms with Crippen molar-refractivity contribution < 1.29 is 30.8 Å². The van der Waals surface area contributed by atoms with Crippen LogP contribution < -0.4 is 5.14 Å². The van der Waals surface area contributed by atoms with Crippen LogP contribution in [-0.2, 0) is 10.0 Å². The normalized spacial score (nSPS) is 22.1. The molecule has 0 fully saturated rings. The highest BCUT2D eigenvalue weighted by Crippen LogP contribution is 2.48. The van der Waals surface area contributed by atoms with E-state index in [9.17, 15) is 30.8 Å². The molecule has 0 bridgehead atoms. The van der Waals surface area contributed by atoms with Gasteiger partial charge in [-0.25, -0.2) is 22.3 Å². The molecule has 18 heavy (non-hydrogen) atoms. The lowest BCUT2D eigenvalue weighted by Crippen LogP contribution is -2.27. The van der Waals surface area contributed by atoms with E-state index in [2.05, 4.69) is 0 Å². The lowest BCUT2D eigenvalue weighted by Gasteiger charge is -2.09. The van der Waals surface area contributed by atoms with Crippen molar-refractivity contribution in [2.24, 2.45) is 5.14 Å². The van der Waals surface area contributed by atoms with Crippen LogP contribution in [0.15, 0.2) is 17.0 Å². The first-order chi connectivity index (χ1) is 8.08. The van der Waals surface area contributed by atoms with Crippen molar-refractivity contribution in [3.63, 3.8) is 0 Å². The van der Waals surface area contributed by atoms with E-state index in [0.717, 1.165) is 0 Å². The van der Waals surface area contributed by atoms with Gasteiger partial charge in [0.15, 0.2) is 6.17 Å². The van der Waals surface area contributed by atoms with Crippen molar-refractivity contribution >= 4 is 15.8 Å². The molecular weight excluding hydrogens is 278 g/mol. The zero-order valence-electron chi connectivity index (χ0n) is 8.45. The lowest BCUT2D eigenvalue weighted by molar-refractivity contribution is -0.0372. The molecule has 1 unspecified atom stereocenters. The van der Waals surface area contributed by atoms with Crippen molar-refractivity contribution in [1.82, 2.24) is 0 Å². The first-order valence-electron chi connectivity index (χ1n) is 4.50. The fraction of sp³-hybridized carbons (Fsp3) is 0.222. The second-order valence-corrected chi connectivity index (χ2v) is 5.22. The Hall–Kier alpha value is -1.48. The molecular formula is C9H5F4NO3S. The van der Waals surface area contributed by atoms with Gasteiger partial charge in [-0.1, -0.05) is 0 Å². The molecule has 2 N–H and O–H groups in total. The number of sulfonamides is 1. The number of rotatable bonds is 1. The standard InChI is InChI=1S/C9H5F4NO3S/c10-3-1-2-4(18(14,16)17)6-5(3)7(11)9(12,13)8(6)15/h1-2,7H,(H2,14,16,17). The minimum absolute atomic E-state index is 0.472. The van der Waals surface area contributed by atoms with E-state index in [-0.39, 0.29) is 0 Å². The molecule has 1 aromatic rings. The Balaban J connectivity index is 2.89. The summed E-state index contributed by atoms with van der Waals surface area (Å²) in [5.41, 5.74) is -2.48. The summed E-state index contributed by atoms with van der Waals surface area (Å²) in [4.78, 5) is 10.3. The van der Waals surface area contributed by atoms with Crippen LogP contribution in [0.2, 0.25) is 0 Å². The number of halogens is 4. The summed E-state index contributed by atoms with van der Waals surface area (Å²) in [6.45, 7) is 0. The van der Waals surface area contributed by atoms with Crippen LogP contribution in [0.4, 0.5) is 17.6 Å². The number of alkyl halides is 3. The zero-order valence-corrected chi connectivity index (χ0v) is 9.27. The van der Waals surface area contributed by atoms with Crippen LogP contribution in [-0.4, -0.2) is 20.1 Å². The molecule has 0 spiro atoms. The Morgan fingerprint density at radius 3 is 2.33 bits per heavy atom. The average Bonchev–Trinajstić information content (AvgIpc) is 2.40. The summed E-state index contributed by atoms with van der Waals surface area (Å²) >= 11 is 0. The Kier molecular flexibility index (Phi) is 2.53. The van der Waals surface area contributed by atoms with Crippen LogP contribution in [0.1, 0.15) is 22.1 Å². The quantitative estimate of drug-likeness (QED) is 0.789. The summed E-state index contributed by atoms with van der Waals surface area (Å²) in [6, 6.07) is 1.02. The Bertz CT molecular complexity index is 656. The van der Waals surface area contributed by atoms with E-state index in [4.69, 9.17) is 5.14 Å². The van der Waals surface area contributed by atoms with Gasteiger partial charge in [0.1, 0.15) is 5.82 Å². The first-order valence-corrected chi connectivity index (χ1v) is 6.05. The highest BCUT2D eigenvalue weighted by atomic mass is 32.2. The minimum atomic E-state index is -4.54. The number of hydrogen-bond acceptors (Lipinski definition) is 3. The van der Waals surface area contributed by atoms with Crippen LogP contribution in [0.3, 0.4) is 0 Å². The predicted octanol–water partition coefficient (Wildman–Crippen LogP) is 1.32. The SMILES string of the molecule is NS(=O)(=O)c1ccc(F)c2c1C(=O)C(F)(F)C2F. The fourth-order valence-electron chi connectivity index (χ4n) is 1.76. The molecule has 0 aliphatic heterocycles. The van der Waals surface area contributed by atoms with Gasteiger partial charge in [-0.15, -0.1) is 0 Å². The maximum absolute atomic E-state index is 13.3. The van der Waals surface area contributed by atoms with Crippen LogP contribution in [0, 0.1) is 5.82 Å². The van der Waals surface area contributed by atoms with E-state index < -0.39 is 49.7 Å². The Labute approximate surface area is 98.4 Å². The number of ketones is 1. The number of carbonyl (C=O) groups excluding carboxylic acids is 1. The molecule has 1 atom stereocenters. The lowest BCUT2D eigenvalue weighted by atomic mass is 10.1. The van der Waals surface area contributed by atoms with E-state index in [1.165, 1.54) is 0 Å². The molecule has 4 nitrogen and oxygen atoms in total. The zero-order chi connectivity index (χ0) is 13.9. The molecule has 0 saturated heterocycles. The van der Waals surface area contributed by atoms with Gasteiger partial charge in [-0.3, -0.25) is 4.79 Å². The van der Waals surface area contributed by atoms with Gasteiger partial charge in [0.25, 0.3) is 0 Å². The number of carbonyl (C=O) groups is 1. The van der Waals surface area contributed by atoms with E-state index in [1.54, 1.807) is 0 Å². The monoisotopic (exact) mass is 283 g/mol. The number of benzene rings is 1. The van der Waals surface area contributed by atoms with Crippen molar-refractivity contribution in [3.8, 4) is 0 Å². The third-order valence-electron chi connectivity index (χ3n) is 2.56. The Morgan fingerprint density at radius 1 is 1.28 bits per heavy atom. The van der Waals surface area contributed by atoms with Crippen LogP contribution in [0.25, 0.3) is 0 Å². The number of fused-ring (bicyclic) bond motifs is 1. The molecule has 1 aromatic carbocycles. The molecule has 0 amide bonds. The molecule has 1 aliphatic rings. The number of nitrogens with two attached hydrogens (primary N) is 1. The molecule has 0 heterocycles. The van der Waals surface area contributed by atoms with Gasteiger partial charge in [-0.2, -0.15) is 8.78 Å². The second kappa shape index (κ2) is 3.51. The minimum Gasteiger partial charge on any atom is -0.287 e. The first kappa shape index (κ1) is 13.0. The molecule has 0 saturated carbocycles. The molecule has 1 aliphatic carbocycles. The average molecular weight is 283 g/mol. The Morgan fingerprint density at radius 2 is 1.83 bits per heavy atom. The maximum Gasteiger partial charge on any atom is 0.344 e. The second-order valence-electron chi connectivity index (χ2n) is 3.69. The van der Waals surface area contributed by atoms with Gasteiger partial charge >= 0.3 is 5.92 Å². The molecule has 9 heteroatoms. The third kappa shape index (κ3) is 1.54. The van der Waals surface area contributed by atoms with Gasteiger partial charge in [0.2, 0.25) is 15.8 Å². The largest absolute Gasteiger partial charge is 0.344 e. The summed E-state index contributed by atoms with van der Waals surface area (Å²) in [5.74, 6) is -8.01. The van der Waals surface area contributed by atoms with E-state index in [0.29, 0.717) is 12.1 Å². The van der Waals surface area contributed by atoms with Crippen LogP contribution in [0.5, 0.6) is 0 Å². The number of hydrogen-bond donors (Lipinski definition) is 1. The molecule has 98 valence electrons. The maximum atomic E-state index is 13.3. The van der Waals surface area contributed by atoms with Gasteiger partial charge < -0.3 is 0 Å². The topological polar surface area (TPSA) is 77.2 Å². The fourth-order valence-corrected chi connectivity index (χ4v) is 2.50. The smallest absolute Gasteiger partial charge is 0.287 e. The van der Waals surface area contributed by atoms with Crippen molar-refractivity contribution in [2.75, 3.05) is 0 Å². The van der Waals surface area contributed by atoms with Gasteiger partial charge in [0, 0.05) is 5.56 Å². The predicted molar refractivity (Wildman–Crippen MR) is 50.9 cm³/mol. The summed E-state index contributed by atoms with van der Waals surface area (Å²) in [5, 5.41) is 4.71. The summed E-state index contributed by atoms with van der Waals surface area (Å²) in [6.07, 6.45) is -3.22. The van der Waals surface area contributed by atoms with E-state index in [1.807, 2.05) is 0 Å². The highest BCUT2D eigenvalue weighted by Gasteiger charge is 2.59. The van der Waals surface area contributed by atoms with Gasteiger partial charge in [-0.05, 0) is 12.1 Å². The number of primary sulfonamides is 1. The summed E-state index contributed by atoms with van der Waals surface area (Å²) < 4.78 is 75.1. The van der Waals surface area contributed by atoms with Gasteiger partial charge in [0.05, 0.1) is 10.5 Å².